The predicted molar refractivity (Wildman–Crippen MR) is 72.0 cm³/mol. The lowest BCUT2D eigenvalue weighted by molar-refractivity contribution is 0.356. The summed E-state index contributed by atoms with van der Waals surface area (Å²) in [6.45, 7) is 2.05. The molecule has 1 heterocycles. The van der Waals surface area contributed by atoms with Crippen LogP contribution in [-0.2, 0) is 6.42 Å². The molecule has 18 heavy (non-hydrogen) atoms. The number of hydrogen-bond donors (Lipinski definition) is 2. The molecule has 5 heteroatoms. The summed E-state index contributed by atoms with van der Waals surface area (Å²) in [7, 11) is 3.21. The molecule has 0 aliphatic heterocycles. The number of nitrogens with one attached hydrogen (secondary N) is 1. The number of hydrogen-bond acceptors (Lipinski definition) is 5. The zero-order valence-corrected chi connectivity index (χ0v) is 10.8. The van der Waals surface area contributed by atoms with Gasteiger partial charge < -0.3 is 14.9 Å². The molecule has 0 saturated carbocycles. The number of rotatable bonds is 4. The van der Waals surface area contributed by atoms with Gasteiger partial charge in [0.05, 0.1) is 25.4 Å². The Balaban J connectivity index is 2.74. The molecule has 2 aromatic rings. The Morgan fingerprint density at radius 3 is 2.39 bits per heavy atom. The van der Waals surface area contributed by atoms with Gasteiger partial charge in [0.1, 0.15) is 0 Å². The maximum atomic E-state index is 5.55. The molecule has 0 aliphatic rings. The van der Waals surface area contributed by atoms with Gasteiger partial charge in [-0.3, -0.25) is 10.8 Å². The van der Waals surface area contributed by atoms with Crippen LogP contribution in [0.5, 0.6) is 11.5 Å². The molecule has 1 aromatic carbocycles. The average molecular weight is 247 g/mol. The fraction of sp³-hybridized carbons (Fsp3) is 0.308. The Morgan fingerprint density at radius 2 is 1.83 bits per heavy atom. The number of anilines is 1. The van der Waals surface area contributed by atoms with Crippen molar-refractivity contribution in [1.29, 1.82) is 0 Å². The highest BCUT2D eigenvalue weighted by Gasteiger charge is 2.10. The number of aromatic nitrogens is 1. The molecular weight excluding hydrogens is 230 g/mol. The first-order chi connectivity index (χ1) is 8.73. The van der Waals surface area contributed by atoms with E-state index in [0.29, 0.717) is 11.5 Å². The van der Waals surface area contributed by atoms with Crippen LogP contribution in [0.3, 0.4) is 0 Å². The first-order valence-electron chi connectivity index (χ1n) is 5.75. The van der Waals surface area contributed by atoms with Crippen LogP contribution in [0.25, 0.3) is 10.9 Å². The summed E-state index contributed by atoms with van der Waals surface area (Å²) in [5.41, 5.74) is 5.34. The van der Waals surface area contributed by atoms with Gasteiger partial charge in [0.25, 0.3) is 0 Å². The van der Waals surface area contributed by atoms with E-state index in [2.05, 4.69) is 17.3 Å². The summed E-state index contributed by atoms with van der Waals surface area (Å²) < 4.78 is 10.6. The minimum atomic E-state index is 0.660. The largest absolute Gasteiger partial charge is 0.493 e. The molecule has 0 aliphatic carbocycles. The molecule has 0 radical (unpaired) electrons. The Morgan fingerprint density at radius 1 is 1.17 bits per heavy atom. The number of aryl methyl sites for hydroxylation is 1. The Hall–Kier alpha value is -2.01. The van der Waals surface area contributed by atoms with Gasteiger partial charge in [-0.2, -0.15) is 0 Å². The number of fused-ring (bicyclic) bond motifs is 1. The minimum Gasteiger partial charge on any atom is -0.493 e. The summed E-state index contributed by atoms with van der Waals surface area (Å²) in [6, 6.07) is 5.66. The maximum Gasteiger partial charge on any atom is 0.162 e. The zero-order chi connectivity index (χ0) is 13.1. The van der Waals surface area contributed by atoms with Crippen LogP contribution < -0.4 is 20.7 Å². The summed E-state index contributed by atoms with van der Waals surface area (Å²) in [6.07, 6.45) is 0.846. The van der Waals surface area contributed by atoms with E-state index in [9.17, 15) is 0 Å². The third-order valence-corrected chi connectivity index (χ3v) is 2.88. The maximum absolute atomic E-state index is 5.55. The van der Waals surface area contributed by atoms with Gasteiger partial charge in [-0.1, -0.05) is 6.92 Å². The highest BCUT2D eigenvalue weighted by molar-refractivity contribution is 5.93. The fourth-order valence-electron chi connectivity index (χ4n) is 1.91. The van der Waals surface area contributed by atoms with Gasteiger partial charge in [-0.15, -0.1) is 0 Å². The van der Waals surface area contributed by atoms with Crippen LogP contribution in [0, 0.1) is 0 Å². The molecule has 3 N–H and O–H groups in total. The van der Waals surface area contributed by atoms with Gasteiger partial charge >= 0.3 is 0 Å². The first-order valence-corrected chi connectivity index (χ1v) is 5.75. The third-order valence-electron chi connectivity index (χ3n) is 2.88. The van der Waals surface area contributed by atoms with Crippen molar-refractivity contribution in [2.75, 3.05) is 19.6 Å². The van der Waals surface area contributed by atoms with Gasteiger partial charge in [0, 0.05) is 17.1 Å². The Labute approximate surface area is 106 Å². The molecule has 1 aromatic heterocycles. The fourth-order valence-corrected chi connectivity index (χ4v) is 1.91. The van der Waals surface area contributed by atoms with Crippen molar-refractivity contribution in [1.82, 2.24) is 4.98 Å². The number of methoxy groups -OCH3 is 2. The summed E-state index contributed by atoms with van der Waals surface area (Å²) in [5, 5.41) is 0.910. The van der Waals surface area contributed by atoms with Gasteiger partial charge in [-0.05, 0) is 18.6 Å². The van der Waals surface area contributed by atoms with Crippen LogP contribution in [0.2, 0.25) is 0 Å². The number of nitrogens with two attached hydrogens (primary N) is 1. The number of hydrazine groups is 1. The third kappa shape index (κ3) is 2.04. The van der Waals surface area contributed by atoms with Crippen LogP contribution in [-0.4, -0.2) is 19.2 Å². The normalized spacial score (nSPS) is 10.4. The van der Waals surface area contributed by atoms with Crippen LogP contribution in [0.1, 0.15) is 12.6 Å². The SMILES string of the molecule is CCc1cc(NN)c2cc(OC)c(OC)cc2n1. The van der Waals surface area contributed by atoms with E-state index < -0.39 is 0 Å². The van der Waals surface area contributed by atoms with Crippen molar-refractivity contribution in [3.8, 4) is 11.5 Å². The molecule has 0 atom stereocenters. The molecule has 0 fully saturated rings. The molecule has 0 unspecified atom stereocenters. The van der Waals surface area contributed by atoms with Crippen molar-refractivity contribution in [2.45, 2.75) is 13.3 Å². The van der Waals surface area contributed by atoms with Crippen molar-refractivity contribution in [2.24, 2.45) is 5.84 Å². The quantitative estimate of drug-likeness (QED) is 0.639. The number of nitrogen functional groups attached to an aromatic ring is 1. The number of pyridine rings is 1. The Kier molecular flexibility index (Phi) is 3.53. The summed E-state index contributed by atoms with van der Waals surface area (Å²) >= 11 is 0. The zero-order valence-electron chi connectivity index (χ0n) is 10.8. The highest BCUT2D eigenvalue weighted by Crippen LogP contribution is 2.34. The topological polar surface area (TPSA) is 69.4 Å². The van der Waals surface area contributed by atoms with E-state index in [1.807, 2.05) is 18.2 Å². The second-order valence-electron chi connectivity index (χ2n) is 3.88. The van der Waals surface area contributed by atoms with E-state index in [0.717, 1.165) is 28.7 Å². The van der Waals surface area contributed by atoms with Crippen LogP contribution in [0.15, 0.2) is 18.2 Å². The smallest absolute Gasteiger partial charge is 0.162 e. The number of ether oxygens (including phenoxy) is 2. The first kappa shape index (κ1) is 12.4. The number of nitrogens with zero attached hydrogens (tertiary/aromatic N) is 1. The van der Waals surface area contributed by atoms with Crippen molar-refractivity contribution < 1.29 is 9.47 Å². The summed E-state index contributed by atoms with van der Waals surface area (Å²) in [5.74, 6) is 6.87. The lowest BCUT2D eigenvalue weighted by atomic mass is 10.1. The van der Waals surface area contributed by atoms with E-state index >= 15 is 0 Å². The van der Waals surface area contributed by atoms with Crippen LogP contribution in [0.4, 0.5) is 5.69 Å². The summed E-state index contributed by atoms with van der Waals surface area (Å²) in [4.78, 5) is 4.56. The highest BCUT2D eigenvalue weighted by atomic mass is 16.5. The van der Waals surface area contributed by atoms with Crippen molar-refractivity contribution >= 4 is 16.6 Å². The molecule has 0 amide bonds. The van der Waals surface area contributed by atoms with Gasteiger partial charge in [0.2, 0.25) is 0 Å². The van der Waals surface area contributed by atoms with Gasteiger partial charge in [0.15, 0.2) is 11.5 Å². The lowest BCUT2D eigenvalue weighted by Gasteiger charge is -2.12. The molecule has 0 spiro atoms. The molecule has 0 bridgehead atoms. The number of benzene rings is 1. The van der Waals surface area contributed by atoms with Crippen LogP contribution >= 0.6 is 0 Å². The lowest BCUT2D eigenvalue weighted by Crippen LogP contribution is -2.08. The predicted octanol–water partition coefficient (Wildman–Crippen LogP) is 2.10. The monoisotopic (exact) mass is 247 g/mol. The minimum absolute atomic E-state index is 0.660. The molecule has 96 valence electrons. The average Bonchev–Trinajstić information content (AvgIpc) is 2.44. The Bertz CT molecular complexity index is 570. The van der Waals surface area contributed by atoms with Gasteiger partial charge in [-0.25, -0.2) is 0 Å². The van der Waals surface area contributed by atoms with Crippen molar-refractivity contribution in [3.63, 3.8) is 0 Å². The van der Waals surface area contributed by atoms with Crippen molar-refractivity contribution in [3.05, 3.63) is 23.9 Å². The van der Waals surface area contributed by atoms with E-state index in [-0.39, 0.29) is 0 Å². The molecule has 0 saturated heterocycles. The molecule has 5 nitrogen and oxygen atoms in total. The van der Waals surface area contributed by atoms with E-state index in [1.54, 1.807) is 14.2 Å². The van der Waals surface area contributed by atoms with E-state index in [1.165, 1.54) is 0 Å². The molecular formula is C13H17N3O2. The second kappa shape index (κ2) is 5.10. The standard InChI is InChI=1S/C13H17N3O2/c1-4-8-5-11(16-14)9-6-12(17-2)13(18-3)7-10(9)15-8/h5-7H,4,14H2,1-3H3,(H,15,16). The molecule has 2 rings (SSSR count). The van der Waals surface area contributed by atoms with E-state index in [4.69, 9.17) is 15.3 Å². The second-order valence-corrected chi connectivity index (χ2v) is 3.88.